The number of carbonyl (C=O) groups is 1. The zero-order chi connectivity index (χ0) is 28.0. The Hall–Kier alpha value is -4.31. The fraction of sp³-hybridized carbons (Fsp3) is 0.310. The molecule has 3 aromatic rings. The van der Waals surface area contributed by atoms with E-state index < -0.39 is 11.5 Å². The summed E-state index contributed by atoms with van der Waals surface area (Å²) in [5.41, 5.74) is 4.72. The molecule has 0 radical (unpaired) electrons. The number of carboxylic acids is 1. The maximum atomic E-state index is 13.6. The first-order chi connectivity index (χ1) is 19.2. The lowest BCUT2D eigenvalue weighted by molar-refractivity contribution is -0.131. The van der Waals surface area contributed by atoms with Crippen LogP contribution in [0.3, 0.4) is 0 Å². The fourth-order valence-corrected chi connectivity index (χ4v) is 6.16. The molecule has 204 valence electrons. The van der Waals surface area contributed by atoms with Crippen molar-refractivity contribution in [1.29, 1.82) is 0 Å². The summed E-state index contributed by atoms with van der Waals surface area (Å²) in [5.74, 6) is 0.113. The lowest BCUT2D eigenvalue weighted by Crippen LogP contribution is -2.48. The van der Waals surface area contributed by atoms with Crippen LogP contribution in [0.4, 0.5) is 0 Å². The predicted molar refractivity (Wildman–Crippen MR) is 152 cm³/mol. The Bertz CT molecular complexity index is 1690. The number of fused-ring (bicyclic) bond motifs is 1. The zero-order valence-electron chi connectivity index (χ0n) is 22.1. The number of tetrazole rings is 1. The van der Waals surface area contributed by atoms with Gasteiger partial charge in [0, 0.05) is 28.4 Å². The van der Waals surface area contributed by atoms with Gasteiger partial charge in [0.1, 0.15) is 12.2 Å². The third-order valence-corrected chi connectivity index (χ3v) is 8.13. The van der Waals surface area contributed by atoms with E-state index in [1.54, 1.807) is 22.9 Å². The van der Waals surface area contributed by atoms with Crippen molar-refractivity contribution >= 4 is 23.4 Å². The normalized spacial score (nSPS) is 23.9. The maximum Gasteiger partial charge on any atom is 0.328 e. The summed E-state index contributed by atoms with van der Waals surface area (Å²) >= 11 is 6.33. The highest BCUT2D eigenvalue weighted by Gasteiger charge is 2.41. The predicted octanol–water partition coefficient (Wildman–Crippen LogP) is 3.93. The number of aliphatic imine (C=N–C) groups is 1. The Morgan fingerprint density at radius 2 is 2.12 bits per heavy atom. The van der Waals surface area contributed by atoms with Crippen LogP contribution in [0.1, 0.15) is 38.4 Å². The quantitative estimate of drug-likeness (QED) is 0.440. The highest BCUT2D eigenvalue weighted by molar-refractivity contribution is 6.31. The van der Waals surface area contributed by atoms with E-state index in [-0.39, 0.29) is 17.5 Å². The highest BCUT2D eigenvalue weighted by Crippen LogP contribution is 2.37. The second kappa shape index (κ2) is 10.0. The van der Waals surface area contributed by atoms with E-state index >= 15 is 0 Å². The summed E-state index contributed by atoms with van der Waals surface area (Å²) in [6.45, 7) is 4.84. The van der Waals surface area contributed by atoms with Crippen LogP contribution in [0.5, 0.6) is 0 Å². The first kappa shape index (κ1) is 25.9. The van der Waals surface area contributed by atoms with Crippen molar-refractivity contribution in [2.75, 3.05) is 6.54 Å². The van der Waals surface area contributed by atoms with Gasteiger partial charge in [-0.3, -0.25) is 9.79 Å². The molecule has 11 heteroatoms. The number of aliphatic carboxylic acids is 1. The molecule has 3 aliphatic rings. The number of hydrogen-bond acceptors (Lipinski definition) is 7. The van der Waals surface area contributed by atoms with Crippen LogP contribution in [0.25, 0.3) is 16.8 Å². The third-order valence-electron chi connectivity index (χ3n) is 7.90. The zero-order valence-corrected chi connectivity index (χ0v) is 22.8. The molecule has 0 saturated heterocycles. The summed E-state index contributed by atoms with van der Waals surface area (Å²) in [5, 5.41) is 24.7. The molecule has 40 heavy (non-hydrogen) atoms. The summed E-state index contributed by atoms with van der Waals surface area (Å²) < 4.78 is 3.39. The SMILES string of the molecule is CC1CC=C(/C=C/C(=O)O)C=C1C1(C)CN=C([C@@H]2CCc3cc(-c4cc(Cl)ccc4-n4cnnn4)cc(=O)n32)N1. The second-order valence-electron chi connectivity index (χ2n) is 10.7. The molecule has 2 aliphatic heterocycles. The number of halogens is 1. The molecule has 10 nitrogen and oxygen atoms in total. The van der Waals surface area contributed by atoms with E-state index in [0.717, 1.165) is 59.3 Å². The molecule has 0 bridgehead atoms. The van der Waals surface area contributed by atoms with Crippen molar-refractivity contribution in [3.8, 4) is 16.8 Å². The average molecular weight is 558 g/mol. The van der Waals surface area contributed by atoms with Gasteiger partial charge in [-0.1, -0.05) is 30.7 Å². The summed E-state index contributed by atoms with van der Waals surface area (Å²) in [6, 6.07) is 8.90. The number of hydrogen-bond donors (Lipinski definition) is 2. The van der Waals surface area contributed by atoms with Crippen LogP contribution in [-0.4, -0.2) is 53.8 Å². The molecule has 0 amide bonds. The molecule has 2 N–H and O–H groups in total. The molecular formula is C29H28ClN7O3. The highest BCUT2D eigenvalue weighted by atomic mass is 35.5. The van der Waals surface area contributed by atoms with Gasteiger partial charge in [0.05, 0.1) is 23.8 Å². The molecular weight excluding hydrogens is 530 g/mol. The monoisotopic (exact) mass is 557 g/mol. The van der Waals surface area contributed by atoms with Crippen molar-refractivity contribution in [1.82, 2.24) is 30.1 Å². The fourth-order valence-electron chi connectivity index (χ4n) is 5.98. The Morgan fingerprint density at radius 3 is 2.90 bits per heavy atom. The van der Waals surface area contributed by atoms with Gasteiger partial charge in [-0.2, -0.15) is 4.68 Å². The maximum absolute atomic E-state index is 13.6. The molecule has 2 unspecified atom stereocenters. The minimum absolute atomic E-state index is 0.106. The molecule has 1 aliphatic carbocycles. The van der Waals surface area contributed by atoms with Crippen molar-refractivity contribution in [2.24, 2.45) is 10.9 Å². The van der Waals surface area contributed by atoms with Crippen LogP contribution in [0.2, 0.25) is 5.02 Å². The lowest BCUT2D eigenvalue weighted by Gasteiger charge is -2.34. The number of carboxylic acid groups (broad SMARTS) is 1. The number of amidine groups is 1. The molecule has 2 aromatic heterocycles. The van der Waals surface area contributed by atoms with Crippen LogP contribution in [0, 0.1) is 5.92 Å². The number of benzene rings is 1. The first-order valence-corrected chi connectivity index (χ1v) is 13.5. The number of pyridine rings is 1. The van der Waals surface area contributed by atoms with Crippen LogP contribution < -0.4 is 10.9 Å². The Labute approximate surface area is 235 Å². The van der Waals surface area contributed by atoms with Gasteiger partial charge in [0.2, 0.25) is 0 Å². The number of nitrogens with zero attached hydrogens (tertiary/aromatic N) is 6. The topological polar surface area (TPSA) is 127 Å². The first-order valence-electron chi connectivity index (χ1n) is 13.2. The summed E-state index contributed by atoms with van der Waals surface area (Å²) in [6.07, 6.45) is 10.7. The van der Waals surface area contributed by atoms with E-state index in [1.165, 1.54) is 11.9 Å². The van der Waals surface area contributed by atoms with Gasteiger partial charge < -0.3 is 15.0 Å². The Balaban J connectivity index is 1.29. The minimum atomic E-state index is -0.971. The van der Waals surface area contributed by atoms with Crippen LogP contribution >= 0.6 is 11.6 Å². The van der Waals surface area contributed by atoms with Crippen molar-refractivity contribution in [3.05, 3.63) is 93.2 Å². The minimum Gasteiger partial charge on any atom is -0.478 e. The van der Waals surface area contributed by atoms with E-state index in [9.17, 15) is 9.59 Å². The van der Waals surface area contributed by atoms with Gasteiger partial charge in [0.25, 0.3) is 5.56 Å². The number of rotatable bonds is 6. The van der Waals surface area contributed by atoms with Gasteiger partial charge in [-0.25, -0.2) is 4.79 Å². The number of allylic oxidation sites excluding steroid dienone is 4. The number of aromatic nitrogens is 5. The van der Waals surface area contributed by atoms with E-state index in [1.807, 2.05) is 22.8 Å². The van der Waals surface area contributed by atoms with Gasteiger partial charge in [-0.15, -0.1) is 5.10 Å². The van der Waals surface area contributed by atoms with Crippen LogP contribution in [0.15, 0.2) is 81.9 Å². The lowest BCUT2D eigenvalue weighted by atomic mass is 9.78. The van der Waals surface area contributed by atoms with Crippen molar-refractivity contribution < 1.29 is 9.90 Å². The third kappa shape index (κ3) is 4.68. The second-order valence-corrected chi connectivity index (χ2v) is 11.1. The smallest absolute Gasteiger partial charge is 0.328 e. The molecule has 6 rings (SSSR count). The molecule has 4 heterocycles. The van der Waals surface area contributed by atoms with E-state index in [4.69, 9.17) is 21.7 Å². The Kier molecular flexibility index (Phi) is 6.50. The molecule has 0 saturated carbocycles. The number of aryl methyl sites for hydroxylation is 1. The average Bonchev–Trinajstić information content (AvgIpc) is 3.68. The standard InChI is InChI=1S/C29H28ClN7O3/c1-17-3-4-18(5-10-27(39)40)11-23(17)29(2)15-31-28(33-29)25-9-7-21-12-19(13-26(38)37(21)25)22-14-20(30)6-8-24(22)36-16-32-34-35-36/h4-6,8,10-14,16-17,25H,3,7,9,15H2,1-2H3,(H,31,33)(H,39,40)/b10-5+/t17?,25-,29?/m0/s1. The van der Waals surface area contributed by atoms with Crippen LogP contribution in [-0.2, 0) is 11.2 Å². The van der Waals surface area contributed by atoms with Crippen molar-refractivity contribution in [2.45, 2.75) is 44.7 Å². The largest absolute Gasteiger partial charge is 0.478 e. The molecule has 1 aromatic carbocycles. The molecule has 3 atom stereocenters. The Morgan fingerprint density at radius 1 is 1.27 bits per heavy atom. The summed E-state index contributed by atoms with van der Waals surface area (Å²) in [4.78, 5) is 29.5. The number of nitrogens with one attached hydrogen (secondary N) is 1. The van der Waals surface area contributed by atoms with Gasteiger partial charge in [0.15, 0.2) is 0 Å². The van der Waals surface area contributed by atoms with Gasteiger partial charge in [-0.05, 0) is 89.6 Å². The molecule has 0 spiro atoms. The molecule has 0 fully saturated rings. The van der Waals surface area contributed by atoms with Gasteiger partial charge >= 0.3 is 5.97 Å². The summed E-state index contributed by atoms with van der Waals surface area (Å²) in [7, 11) is 0. The van der Waals surface area contributed by atoms with Crippen molar-refractivity contribution in [3.63, 3.8) is 0 Å². The van der Waals surface area contributed by atoms with E-state index in [0.29, 0.717) is 11.6 Å². The van der Waals surface area contributed by atoms with E-state index in [2.05, 4.69) is 46.8 Å².